The summed E-state index contributed by atoms with van der Waals surface area (Å²) in [5, 5.41) is 0. The van der Waals surface area contributed by atoms with Crippen LogP contribution in [0.5, 0.6) is 11.6 Å². The van der Waals surface area contributed by atoms with Gasteiger partial charge in [-0.15, -0.1) is 0 Å². The van der Waals surface area contributed by atoms with Gasteiger partial charge in [-0.1, -0.05) is 0 Å². The summed E-state index contributed by atoms with van der Waals surface area (Å²) < 4.78 is 91.9. The molecule has 0 spiro atoms. The van der Waals surface area contributed by atoms with Crippen LogP contribution in [0.3, 0.4) is 0 Å². The van der Waals surface area contributed by atoms with Gasteiger partial charge in [-0.05, 0) is 19.3 Å². The number of rotatable bonds is 9. The quantitative estimate of drug-likeness (QED) is 0.313. The Bertz CT molecular complexity index is 817. The first-order chi connectivity index (χ1) is 14.2. The zero-order valence-electron chi connectivity index (χ0n) is 16.1. The Morgan fingerprint density at radius 2 is 2.00 bits per heavy atom. The van der Waals surface area contributed by atoms with Crippen LogP contribution in [0.2, 0.25) is 0 Å². The van der Waals surface area contributed by atoms with Gasteiger partial charge in [-0.2, -0.15) is 21.6 Å². The molecule has 0 radical (unpaired) electrons. The molecule has 0 bridgehead atoms. The largest absolute Gasteiger partial charge is 0.534 e. The summed E-state index contributed by atoms with van der Waals surface area (Å²) in [4.78, 5) is 4.20. The minimum absolute atomic E-state index is 0.0122. The fraction of sp³-hybridized carbons (Fsp3) is 0.706. The van der Waals surface area contributed by atoms with E-state index in [1.165, 1.54) is 7.11 Å². The number of nitrogens with zero attached hydrogens (tertiary/aromatic N) is 1. The number of hydrogen-bond donors (Lipinski definition) is 0. The molecule has 1 aromatic heterocycles. The predicted octanol–water partition coefficient (Wildman–Crippen LogP) is 2.10. The minimum Gasteiger partial charge on any atom is -0.475 e. The molecule has 2 aliphatic rings. The lowest BCUT2D eigenvalue weighted by molar-refractivity contribution is -0.204. The van der Waals surface area contributed by atoms with Gasteiger partial charge in [-0.3, -0.25) is 0 Å². The highest BCUT2D eigenvalue weighted by molar-refractivity contribution is 7.88. The molecule has 0 N–H and O–H groups in total. The average molecular weight is 457 g/mol. The van der Waals surface area contributed by atoms with E-state index in [-0.39, 0.29) is 44.3 Å². The summed E-state index contributed by atoms with van der Waals surface area (Å²) in [6, 6.07) is 2.00. The maximum absolute atomic E-state index is 12.7. The summed E-state index contributed by atoms with van der Waals surface area (Å²) in [7, 11) is -4.48. The maximum Gasteiger partial charge on any atom is 0.534 e. The first-order valence-electron chi connectivity index (χ1n) is 9.17. The van der Waals surface area contributed by atoms with Crippen molar-refractivity contribution in [1.82, 2.24) is 4.98 Å². The molecular weight excluding hydrogens is 435 g/mol. The Kier molecular flexibility index (Phi) is 7.07. The van der Waals surface area contributed by atoms with Gasteiger partial charge in [0.15, 0.2) is 11.9 Å². The second kappa shape index (κ2) is 9.22. The molecule has 3 heterocycles. The zero-order chi connectivity index (χ0) is 21.8. The molecule has 2 aliphatic heterocycles. The second-order valence-corrected chi connectivity index (χ2v) is 8.25. The van der Waals surface area contributed by atoms with Gasteiger partial charge in [-0.25, -0.2) is 4.98 Å². The molecule has 0 aliphatic carbocycles. The van der Waals surface area contributed by atoms with Crippen LogP contribution in [0, 0.1) is 0 Å². The van der Waals surface area contributed by atoms with Crippen LogP contribution in [0.1, 0.15) is 25.0 Å². The Morgan fingerprint density at radius 3 is 2.57 bits per heavy atom. The standard InChI is InChI=1S/C17H22F3NO8S/c1-24-16(10-25-11-16)13-8-12(29-30(22,23)17(18,19)20)9-14(21-13)26-6-7-28-15-4-2-3-5-27-15/h8-9,15H,2-7,10-11H2,1H3. The molecule has 30 heavy (non-hydrogen) atoms. The van der Waals surface area contributed by atoms with Crippen molar-refractivity contribution in [3.8, 4) is 11.6 Å². The molecule has 1 aromatic rings. The van der Waals surface area contributed by atoms with Gasteiger partial charge >= 0.3 is 15.6 Å². The van der Waals surface area contributed by atoms with E-state index in [1.54, 1.807) is 0 Å². The van der Waals surface area contributed by atoms with E-state index in [9.17, 15) is 21.6 Å². The lowest BCUT2D eigenvalue weighted by Gasteiger charge is -2.39. The molecular formula is C17H22F3NO8S. The maximum atomic E-state index is 12.7. The third-order valence-corrected chi connectivity index (χ3v) is 5.55. The van der Waals surface area contributed by atoms with Gasteiger partial charge in [0, 0.05) is 25.8 Å². The molecule has 1 unspecified atom stereocenters. The highest BCUT2D eigenvalue weighted by atomic mass is 32.2. The lowest BCUT2D eigenvalue weighted by atomic mass is 9.96. The summed E-state index contributed by atoms with van der Waals surface area (Å²) in [5.74, 6) is -0.747. The van der Waals surface area contributed by atoms with Crippen molar-refractivity contribution >= 4 is 10.1 Å². The molecule has 0 saturated carbocycles. The first kappa shape index (κ1) is 23.0. The monoisotopic (exact) mass is 457 g/mol. The number of halogens is 3. The van der Waals surface area contributed by atoms with Crippen molar-refractivity contribution in [3.05, 3.63) is 17.8 Å². The zero-order valence-corrected chi connectivity index (χ0v) is 17.0. The predicted molar refractivity (Wildman–Crippen MR) is 94.4 cm³/mol. The van der Waals surface area contributed by atoms with Crippen LogP contribution in [-0.2, 0) is 34.7 Å². The van der Waals surface area contributed by atoms with Crippen LogP contribution < -0.4 is 8.92 Å². The molecule has 1 atom stereocenters. The van der Waals surface area contributed by atoms with E-state index in [0.29, 0.717) is 6.61 Å². The summed E-state index contributed by atoms with van der Waals surface area (Å²) >= 11 is 0. The van der Waals surface area contributed by atoms with Gasteiger partial charge in [0.05, 0.1) is 25.5 Å². The molecule has 0 aromatic carbocycles. The van der Waals surface area contributed by atoms with E-state index in [0.717, 1.165) is 31.4 Å². The molecule has 2 saturated heterocycles. The van der Waals surface area contributed by atoms with Gasteiger partial charge in [0.25, 0.3) is 0 Å². The second-order valence-electron chi connectivity index (χ2n) is 6.72. The number of pyridine rings is 1. The van der Waals surface area contributed by atoms with Crippen molar-refractivity contribution in [3.63, 3.8) is 0 Å². The third kappa shape index (κ3) is 5.32. The van der Waals surface area contributed by atoms with Crippen LogP contribution >= 0.6 is 0 Å². The molecule has 0 amide bonds. The minimum atomic E-state index is -5.86. The Labute approximate surface area is 171 Å². The molecule has 13 heteroatoms. The van der Waals surface area contributed by atoms with Crippen molar-refractivity contribution in [1.29, 1.82) is 0 Å². The summed E-state index contributed by atoms with van der Waals surface area (Å²) in [6.07, 6.45) is 2.39. The van der Waals surface area contributed by atoms with Crippen LogP contribution in [0.15, 0.2) is 12.1 Å². The van der Waals surface area contributed by atoms with Crippen molar-refractivity contribution in [2.24, 2.45) is 0 Å². The van der Waals surface area contributed by atoms with E-state index in [1.807, 2.05) is 0 Å². The number of hydrogen-bond acceptors (Lipinski definition) is 9. The number of ether oxygens (including phenoxy) is 5. The fourth-order valence-electron chi connectivity index (χ4n) is 2.84. The summed E-state index contributed by atoms with van der Waals surface area (Å²) in [5.41, 5.74) is -6.49. The van der Waals surface area contributed by atoms with Crippen molar-refractivity contribution in [2.75, 3.05) is 40.1 Å². The molecule has 2 fully saturated rings. The highest BCUT2D eigenvalue weighted by Gasteiger charge is 2.49. The number of aromatic nitrogens is 1. The van der Waals surface area contributed by atoms with Crippen LogP contribution in [0.25, 0.3) is 0 Å². The topological polar surface area (TPSA) is 102 Å². The van der Waals surface area contributed by atoms with E-state index in [2.05, 4.69) is 9.17 Å². The SMILES string of the molecule is COC1(c2cc(OS(=O)(=O)C(F)(F)F)cc(OCCOC3CCCCO3)n2)COC1. The van der Waals surface area contributed by atoms with Gasteiger partial charge in [0.1, 0.15) is 12.4 Å². The van der Waals surface area contributed by atoms with Crippen LogP contribution in [0.4, 0.5) is 13.2 Å². The summed E-state index contributed by atoms with van der Waals surface area (Å²) in [6.45, 7) is 0.955. The molecule has 9 nitrogen and oxygen atoms in total. The van der Waals surface area contributed by atoms with Crippen molar-refractivity contribution < 1.29 is 49.5 Å². The average Bonchev–Trinajstić information content (AvgIpc) is 2.64. The smallest absolute Gasteiger partial charge is 0.475 e. The van der Waals surface area contributed by atoms with Gasteiger partial charge < -0.3 is 27.9 Å². The normalized spacial score (nSPS) is 21.7. The number of methoxy groups -OCH3 is 1. The van der Waals surface area contributed by atoms with Crippen LogP contribution in [-0.4, -0.2) is 65.3 Å². The third-order valence-electron chi connectivity index (χ3n) is 4.57. The van der Waals surface area contributed by atoms with Gasteiger partial charge in [0.2, 0.25) is 5.88 Å². The molecule has 3 rings (SSSR count). The number of alkyl halides is 3. The lowest BCUT2D eigenvalue weighted by Crippen LogP contribution is -2.49. The fourth-order valence-corrected chi connectivity index (χ4v) is 3.28. The molecule has 170 valence electrons. The highest BCUT2D eigenvalue weighted by Crippen LogP contribution is 2.36. The van der Waals surface area contributed by atoms with Crippen molar-refractivity contribution in [2.45, 2.75) is 36.7 Å². The Morgan fingerprint density at radius 1 is 1.23 bits per heavy atom. The van der Waals surface area contributed by atoms with E-state index >= 15 is 0 Å². The Balaban J connectivity index is 1.72. The first-order valence-corrected chi connectivity index (χ1v) is 10.6. The van der Waals surface area contributed by atoms with E-state index < -0.39 is 27.0 Å². The Hall–Kier alpha value is -1.67. The van der Waals surface area contributed by atoms with E-state index in [4.69, 9.17) is 23.7 Å².